The molecular formula is C20H31N5OS2. The van der Waals surface area contributed by atoms with E-state index in [0.29, 0.717) is 0 Å². The molecule has 0 bridgehead atoms. The van der Waals surface area contributed by atoms with E-state index in [1.807, 2.05) is 18.7 Å². The van der Waals surface area contributed by atoms with Crippen molar-refractivity contribution < 1.29 is 4.79 Å². The summed E-state index contributed by atoms with van der Waals surface area (Å²) in [5, 5.41) is 4.12. The lowest BCUT2D eigenvalue weighted by Gasteiger charge is -2.35. The van der Waals surface area contributed by atoms with E-state index in [9.17, 15) is 4.79 Å². The van der Waals surface area contributed by atoms with Gasteiger partial charge in [-0.3, -0.25) is 4.79 Å². The molecule has 8 heteroatoms. The van der Waals surface area contributed by atoms with Gasteiger partial charge in [0.15, 0.2) is 0 Å². The monoisotopic (exact) mass is 421 g/mol. The maximum Gasteiger partial charge on any atom is 0.261 e. The molecule has 1 N–H and O–H groups in total. The highest BCUT2D eigenvalue weighted by Crippen LogP contribution is 2.35. The highest BCUT2D eigenvalue weighted by atomic mass is 32.2. The number of piperazine rings is 1. The molecule has 3 heterocycles. The number of thioether (sulfide) groups is 1. The molecule has 28 heavy (non-hydrogen) atoms. The zero-order chi connectivity index (χ0) is 19.9. The molecule has 0 unspecified atom stereocenters. The SMILES string of the molecule is CCCSCCCNC(=O)c1sc2ncnc(N3CCN(CC)CC3)c2c1C. The van der Waals surface area contributed by atoms with Gasteiger partial charge >= 0.3 is 0 Å². The Morgan fingerprint density at radius 2 is 2.00 bits per heavy atom. The van der Waals surface area contributed by atoms with Crippen LogP contribution in [0, 0.1) is 6.92 Å². The lowest BCUT2D eigenvalue weighted by molar-refractivity contribution is 0.0957. The maximum absolute atomic E-state index is 12.7. The van der Waals surface area contributed by atoms with Crippen molar-refractivity contribution in [2.75, 3.05) is 55.7 Å². The summed E-state index contributed by atoms with van der Waals surface area (Å²) >= 11 is 3.43. The van der Waals surface area contributed by atoms with Gasteiger partial charge in [0.05, 0.1) is 10.3 Å². The fourth-order valence-corrected chi connectivity index (χ4v) is 5.39. The average molecular weight is 422 g/mol. The summed E-state index contributed by atoms with van der Waals surface area (Å²) < 4.78 is 0. The Bertz CT molecular complexity index is 786. The van der Waals surface area contributed by atoms with Gasteiger partial charge < -0.3 is 15.1 Å². The number of thiophene rings is 1. The number of amides is 1. The Balaban J connectivity index is 1.70. The predicted octanol–water partition coefficient (Wildman–Crippen LogP) is 3.40. The number of carbonyl (C=O) groups excluding carboxylic acids is 1. The topological polar surface area (TPSA) is 61.4 Å². The minimum absolute atomic E-state index is 0.0164. The van der Waals surface area contributed by atoms with Crippen molar-refractivity contribution in [3.05, 3.63) is 16.8 Å². The van der Waals surface area contributed by atoms with E-state index in [1.165, 1.54) is 23.5 Å². The first kappa shape index (κ1) is 21.3. The molecule has 0 aromatic carbocycles. The van der Waals surface area contributed by atoms with Gasteiger partial charge in [-0.2, -0.15) is 11.8 Å². The summed E-state index contributed by atoms with van der Waals surface area (Å²) in [5.74, 6) is 3.28. The molecule has 6 nitrogen and oxygen atoms in total. The fraction of sp³-hybridized carbons (Fsp3) is 0.650. The Morgan fingerprint density at radius 3 is 2.71 bits per heavy atom. The molecule has 0 aliphatic carbocycles. The molecule has 0 atom stereocenters. The van der Waals surface area contributed by atoms with Gasteiger partial charge in [-0.25, -0.2) is 9.97 Å². The van der Waals surface area contributed by atoms with Crippen LogP contribution in [0.15, 0.2) is 6.33 Å². The molecule has 0 saturated carbocycles. The van der Waals surface area contributed by atoms with Crippen LogP contribution in [0.5, 0.6) is 0 Å². The van der Waals surface area contributed by atoms with Crippen molar-refractivity contribution in [3.63, 3.8) is 0 Å². The molecule has 0 radical (unpaired) electrons. The molecule has 2 aromatic heterocycles. The zero-order valence-electron chi connectivity index (χ0n) is 17.2. The van der Waals surface area contributed by atoms with Crippen LogP contribution >= 0.6 is 23.1 Å². The smallest absolute Gasteiger partial charge is 0.261 e. The quantitative estimate of drug-likeness (QED) is 0.626. The summed E-state index contributed by atoms with van der Waals surface area (Å²) in [6.45, 7) is 12.3. The van der Waals surface area contributed by atoms with E-state index in [2.05, 4.69) is 38.9 Å². The molecule has 1 amide bonds. The van der Waals surface area contributed by atoms with Crippen LogP contribution in [0.1, 0.15) is 41.9 Å². The molecule has 1 aliphatic rings. The lowest BCUT2D eigenvalue weighted by Crippen LogP contribution is -2.46. The van der Waals surface area contributed by atoms with Crippen LogP contribution in [0.4, 0.5) is 5.82 Å². The van der Waals surface area contributed by atoms with Gasteiger partial charge in [-0.15, -0.1) is 11.3 Å². The lowest BCUT2D eigenvalue weighted by atomic mass is 10.1. The number of nitrogens with one attached hydrogen (secondary N) is 1. The first-order valence-electron chi connectivity index (χ1n) is 10.2. The van der Waals surface area contributed by atoms with Crippen molar-refractivity contribution in [1.29, 1.82) is 0 Å². The van der Waals surface area contributed by atoms with Crippen LogP contribution in [0.25, 0.3) is 10.2 Å². The van der Waals surface area contributed by atoms with Gasteiger partial charge in [0.1, 0.15) is 17.0 Å². The van der Waals surface area contributed by atoms with Gasteiger partial charge in [-0.05, 0) is 43.4 Å². The number of fused-ring (bicyclic) bond motifs is 1. The van der Waals surface area contributed by atoms with E-state index < -0.39 is 0 Å². The summed E-state index contributed by atoms with van der Waals surface area (Å²) in [5.41, 5.74) is 1.01. The Hall–Kier alpha value is -1.38. The number of anilines is 1. The second kappa shape index (κ2) is 10.4. The van der Waals surface area contributed by atoms with Crippen LogP contribution in [-0.4, -0.2) is 71.5 Å². The van der Waals surface area contributed by atoms with Crippen molar-refractivity contribution in [2.45, 2.75) is 33.6 Å². The molecule has 3 rings (SSSR count). The first-order chi connectivity index (χ1) is 13.7. The summed E-state index contributed by atoms with van der Waals surface area (Å²) in [7, 11) is 0. The predicted molar refractivity (Wildman–Crippen MR) is 121 cm³/mol. The summed E-state index contributed by atoms with van der Waals surface area (Å²) in [4.78, 5) is 28.2. The number of aromatic nitrogens is 2. The third-order valence-electron chi connectivity index (χ3n) is 5.13. The number of hydrogen-bond donors (Lipinski definition) is 1. The summed E-state index contributed by atoms with van der Waals surface area (Å²) in [6.07, 6.45) is 3.84. The van der Waals surface area contributed by atoms with Crippen LogP contribution < -0.4 is 10.2 Å². The Kier molecular flexibility index (Phi) is 7.93. The normalized spacial score (nSPS) is 15.3. The molecule has 1 fully saturated rings. The minimum atomic E-state index is 0.0164. The second-order valence-electron chi connectivity index (χ2n) is 7.08. The van der Waals surface area contributed by atoms with E-state index >= 15 is 0 Å². The maximum atomic E-state index is 12.7. The van der Waals surface area contributed by atoms with Crippen molar-refractivity contribution >= 4 is 45.0 Å². The van der Waals surface area contributed by atoms with E-state index in [0.717, 1.165) is 77.9 Å². The third-order valence-corrected chi connectivity index (χ3v) is 7.60. The van der Waals surface area contributed by atoms with E-state index in [1.54, 1.807) is 6.33 Å². The minimum Gasteiger partial charge on any atom is -0.353 e. The van der Waals surface area contributed by atoms with Crippen molar-refractivity contribution in [3.8, 4) is 0 Å². The molecule has 0 spiro atoms. The number of rotatable bonds is 9. The number of hydrogen-bond acceptors (Lipinski definition) is 7. The molecular weight excluding hydrogens is 390 g/mol. The number of likely N-dealkylation sites (N-methyl/N-ethyl adjacent to an activating group) is 1. The average Bonchev–Trinajstić information content (AvgIpc) is 3.07. The highest BCUT2D eigenvalue weighted by Gasteiger charge is 2.24. The zero-order valence-corrected chi connectivity index (χ0v) is 18.8. The van der Waals surface area contributed by atoms with Gasteiger partial charge in [-0.1, -0.05) is 13.8 Å². The van der Waals surface area contributed by atoms with Crippen LogP contribution in [0.3, 0.4) is 0 Å². The van der Waals surface area contributed by atoms with E-state index in [4.69, 9.17) is 0 Å². The standard InChI is InChI=1S/C20H31N5OS2/c1-4-12-27-13-6-7-21-19(26)17-15(3)16-18(22-14-23-20(16)28-17)25-10-8-24(5-2)9-11-25/h14H,4-13H2,1-3H3,(H,21,26). The number of carbonyl (C=O) groups is 1. The first-order valence-corrected chi connectivity index (χ1v) is 12.2. The number of nitrogens with zero attached hydrogens (tertiary/aromatic N) is 4. The van der Waals surface area contributed by atoms with Crippen molar-refractivity contribution in [1.82, 2.24) is 20.2 Å². The Labute approximate surface area is 176 Å². The van der Waals surface area contributed by atoms with E-state index in [-0.39, 0.29) is 5.91 Å². The fourth-order valence-electron chi connectivity index (χ4n) is 3.49. The molecule has 154 valence electrons. The Morgan fingerprint density at radius 1 is 1.21 bits per heavy atom. The van der Waals surface area contributed by atoms with Crippen molar-refractivity contribution in [2.24, 2.45) is 0 Å². The van der Waals surface area contributed by atoms with Crippen LogP contribution in [0.2, 0.25) is 0 Å². The molecule has 1 aliphatic heterocycles. The summed E-state index contributed by atoms with van der Waals surface area (Å²) in [6, 6.07) is 0. The van der Waals surface area contributed by atoms with Gasteiger partial charge in [0.25, 0.3) is 5.91 Å². The van der Waals surface area contributed by atoms with Crippen LogP contribution in [-0.2, 0) is 0 Å². The largest absolute Gasteiger partial charge is 0.353 e. The highest BCUT2D eigenvalue weighted by molar-refractivity contribution is 7.99. The molecule has 1 saturated heterocycles. The van der Waals surface area contributed by atoms with Gasteiger partial charge in [0.2, 0.25) is 0 Å². The third kappa shape index (κ3) is 4.96. The second-order valence-corrected chi connectivity index (χ2v) is 9.30. The molecule has 2 aromatic rings. The number of aryl methyl sites for hydroxylation is 1. The van der Waals surface area contributed by atoms with Gasteiger partial charge in [0, 0.05) is 32.7 Å².